The molecule has 0 unspecified atom stereocenters. The molecule has 8 nitrogen and oxygen atoms in total. The van der Waals surface area contributed by atoms with Gasteiger partial charge in [0.1, 0.15) is 0 Å². The molecule has 1 saturated carbocycles. The number of fused-ring (bicyclic) bond motifs is 1. The van der Waals surface area contributed by atoms with E-state index in [0.29, 0.717) is 40.6 Å². The number of anilines is 2. The van der Waals surface area contributed by atoms with Crippen molar-refractivity contribution >= 4 is 28.4 Å². The normalized spacial score (nSPS) is 19.1. The Balaban J connectivity index is 1.57. The van der Waals surface area contributed by atoms with Gasteiger partial charge in [0.05, 0.1) is 33.7 Å². The zero-order valence-corrected chi connectivity index (χ0v) is 25.1. The van der Waals surface area contributed by atoms with Gasteiger partial charge >= 0.3 is 12.4 Å². The van der Waals surface area contributed by atoms with Gasteiger partial charge in [0, 0.05) is 48.3 Å². The molecule has 14 heteroatoms. The summed E-state index contributed by atoms with van der Waals surface area (Å²) in [4.78, 5) is 20.9. The minimum absolute atomic E-state index is 0.178. The van der Waals surface area contributed by atoms with E-state index in [0.717, 1.165) is 38.2 Å². The Bertz CT molecular complexity index is 1750. The van der Waals surface area contributed by atoms with Gasteiger partial charge in [-0.1, -0.05) is 6.92 Å². The summed E-state index contributed by atoms with van der Waals surface area (Å²) < 4.78 is 85.5. The molecule has 0 aliphatic heterocycles. The summed E-state index contributed by atoms with van der Waals surface area (Å²) in [6.45, 7) is 4.90. The molecule has 4 aromatic rings. The van der Waals surface area contributed by atoms with E-state index in [1.807, 2.05) is 25.2 Å². The molecule has 5 rings (SSSR count). The first-order valence-corrected chi connectivity index (χ1v) is 14.4. The summed E-state index contributed by atoms with van der Waals surface area (Å²) in [5, 5.41) is 10.2. The molecule has 240 valence electrons. The maximum atomic E-state index is 14.3. The third-order valence-electron chi connectivity index (χ3n) is 8.12. The zero-order valence-electron chi connectivity index (χ0n) is 25.1. The van der Waals surface area contributed by atoms with E-state index in [1.54, 1.807) is 12.3 Å². The predicted octanol–water partition coefficient (Wildman–Crippen LogP) is 7.33. The Hall–Kier alpha value is -4.20. The molecule has 2 aromatic heterocycles. The number of carbonyl (C=O) groups excluding carboxylic acids is 1. The van der Waals surface area contributed by atoms with Crippen molar-refractivity contribution in [3.05, 3.63) is 53.2 Å². The third-order valence-corrected chi connectivity index (χ3v) is 8.12. The highest BCUT2D eigenvalue weighted by molar-refractivity contribution is 5.92. The van der Waals surface area contributed by atoms with Crippen molar-refractivity contribution in [2.24, 2.45) is 12.8 Å². The molecule has 1 fully saturated rings. The monoisotopic (exact) mass is 633 g/mol. The number of hydrogen-bond acceptors (Lipinski definition) is 6. The number of amides is 1. The average Bonchev–Trinajstić information content (AvgIpc) is 3.33. The average molecular weight is 634 g/mol. The lowest BCUT2D eigenvalue weighted by Crippen LogP contribution is -2.43. The van der Waals surface area contributed by atoms with Gasteiger partial charge in [-0.15, -0.1) is 0 Å². The number of halogens is 6. The summed E-state index contributed by atoms with van der Waals surface area (Å²) in [7, 11) is 1.49. The fraction of sp³-hybridized carbons (Fsp3) is 0.419. The number of hydrogen-bond donors (Lipinski definition) is 3. The van der Waals surface area contributed by atoms with Crippen LogP contribution < -0.4 is 16.4 Å². The van der Waals surface area contributed by atoms with E-state index in [9.17, 15) is 31.1 Å². The number of carbonyl (C=O) groups is 1. The van der Waals surface area contributed by atoms with Crippen molar-refractivity contribution < 1.29 is 31.1 Å². The molecule has 2 aromatic carbocycles. The van der Waals surface area contributed by atoms with Gasteiger partial charge < -0.3 is 16.4 Å². The van der Waals surface area contributed by atoms with Crippen molar-refractivity contribution in [3.8, 4) is 22.5 Å². The minimum Gasteiger partial charge on any atom is -0.351 e. The molecule has 1 amide bonds. The van der Waals surface area contributed by atoms with Crippen LogP contribution in [0.1, 0.15) is 63.1 Å². The largest absolute Gasteiger partial charge is 0.419 e. The van der Waals surface area contributed by atoms with Gasteiger partial charge in [0.15, 0.2) is 0 Å². The van der Waals surface area contributed by atoms with E-state index in [2.05, 4.69) is 15.4 Å². The molecular weight excluding hydrogens is 600 g/mol. The van der Waals surface area contributed by atoms with Crippen LogP contribution in [0.25, 0.3) is 33.4 Å². The number of aromatic nitrogens is 4. The molecule has 0 saturated heterocycles. The summed E-state index contributed by atoms with van der Waals surface area (Å²) in [5.41, 5.74) is 3.63. The zero-order chi connectivity index (χ0) is 32.9. The molecule has 0 atom stereocenters. The van der Waals surface area contributed by atoms with Crippen molar-refractivity contribution in [2.45, 2.75) is 76.8 Å². The second-order valence-corrected chi connectivity index (χ2v) is 11.9. The van der Waals surface area contributed by atoms with Crippen molar-refractivity contribution in [3.63, 3.8) is 0 Å². The van der Waals surface area contributed by atoms with Crippen LogP contribution in [0.3, 0.4) is 0 Å². The molecule has 2 heterocycles. The number of nitrogens with two attached hydrogens (primary N) is 1. The maximum Gasteiger partial charge on any atom is 0.419 e. The Morgan fingerprint density at radius 1 is 1.07 bits per heavy atom. The van der Waals surface area contributed by atoms with Crippen LogP contribution in [0.5, 0.6) is 0 Å². The van der Waals surface area contributed by atoms with Gasteiger partial charge in [-0.3, -0.25) is 9.48 Å². The molecule has 45 heavy (non-hydrogen) atoms. The quantitative estimate of drug-likeness (QED) is 0.192. The Morgan fingerprint density at radius 2 is 1.76 bits per heavy atom. The molecule has 0 radical (unpaired) electrons. The number of alkyl halides is 6. The van der Waals surface area contributed by atoms with Crippen LogP contribution in [-0.4, -0.2) is 37.2 Å². The molecule has 1 aliphatic carbocycles. The Morgan fingerprint density at radius 3 is 2.36 bits per heavy atom. The highest BCUT2D eigenvalue weighted by atomic mass is 19.4. The molecular formula is C31H33F6N7O. The van der Waals surface area contributed by atoms with Crippen LogP contribution >= 0.6 is 0 Å². The highest BCUT2D eigenvalue weighted by Gasteiger charge is 2.41. The standard InChI is InChI=1S/C31H33F6N7O/c1-5-17-10-18(11-19-15-39-28(42-27(17)19)41-21-6-8-29(3,38)9-7-21)25-14-23(43-44(25)4)22-12-20(30(32,33)34)13-24(40-16(2)45)26(22)31(35,36)37/h10-15,21H,5-9,38H2,1-4H3,(H,40,45)(H,39,41,42). The summed E-state index contributed by atoms with van der Waals surface area (Å²) in [6.07, 6.45) is -4.29. The van der Waals surface area contributed by atoms with Gasteiger partial charge in [-0.05, 0) is 74.9 Å². The first kappa shape index (κ1) is 32.2. The second-order valence-electron chi connectivity index (χ2n) is 11.9. The predicted molar refractivity (Wildman–Crippen MR) is 159 cm³/mol. The molecule has 4 N–H and O–H groups in total. The van der Waals surface area contributed by atoms with Crippen LogP contribution in [0.4, 0.5) is 38.0 Å². The highest BCUT2D eigenvalue weighted by Crippen LogP contribution is 2.45. The van der Waals surface area contributed by atoms with E-state index in [4.69, 9.17) is 10.7 Å². The van der Waals surface area contributed by atoms with Gasteiger partial charge in [-0.2, -0.15) is 31.4 Å². The Labute approximate surface area is 255 Å². The summed E-state index contributed by atoms with van der Waals surface area (Å²) in [5.74, 6) is -0.466. The number of benzene rings is 2. The number of nitrogens with one attached hydrogen (secondary N) is 2. The summed E-state index contributed by atoms with van der Waals surface area (Å²) >= 11 is 0. The summed E-state index contributed by atoms with van der Waals surface area (Å²) in [6, 6.07) is 5.77. The smallest absolute Gasteiger partial charge is 0.351 e. The lowest BCUT2D eigenvalue weighted by Gasteiger charge is -2.34. The maximum absolute atomic E-state index is 14.3. The SMILES string of the molecule is CCc1cc(-c2cc(-c3cc(C(F)(F)F)cc(NC(C)=O)c3C(F)(F)F)nn2C)cc2cnc(NC3CCC(C)(N)CC3)nc12. The topological polar surface area (TPSA) is 111 Å². The first-order chi connectivity index (χ1) is 20.9. The van der Waals surface area contributed by atoms with Crippen LogP contribution in [-0.2, 0) is 30.6 Å². The number of aryl methyl sites for hydroxylation is 2. The van der Waals surface area contributed by atoms with Gasteiger partial charge in [0.2, 0.25) is 11.9 Å². The van der Waals surface area contributed by atoms with Crippen LogP contribution in [0.15, 0.2) is 36.5 Å². The fourth-order valence-electron chi connectivity index (χ4n) is 5.78. The van der Waals surface area contributed by atoms with Crippen LogP contribution in [0.2, 0.25) is 0 Å². The third kappa shape index (κ3) is 6.90. The lowest BCUT2D eigenvalue weighted by atomic mass is 9.82. The van der Waals surface area contributed by atoms with E-state index in [-0.39, 0.29) is 23.3 Å². The van der Waals surface area contributed by atoms with Crippen molar-refractivity contribution in [1.29, 1.82) is 0 Å². The van der Waals surface area contributed by atoms with Gasteiger partial charge in [0.25, 0.3) is 0 Å². The van der Waals surface area contributed by atoms with Crippen LogP contribution in [0, 0.1) is 0 Å². The number of rotatable bonds is 6. The molecule has 1 aliphatic rings. The Kier molecular flexibility index (Phi) is 8.32. The van der Waals surface area contributed by atoms with Crippen molar-refractivity contribution in [2.75, 3.05) is 10.6 Å². The minimum atomic E-state index is -5.10. The lowest BCUT2D eigenvalue weighted by molar-refractivity contribution is -0.140. The fourth-order valence-corrected chi connectivity index (χ4v) is 5.78. The van der Waals surface area contributed by atoms with E-state index < -0.39 is 40.6 Å². The molecule has 0 bridgehead atoms. The molecule has 0 spiro atoms. The number of nitrogens with zero attached hydrogens (tertiary/aromatic N) is 4. The first-order valence-electron chi connectivity index (χ1n) is 14.4. The van der Waals surface area contributed by atoms with E-state index >= 15 is 0 Å². The second kappa shape index (κ2) is 11.6. The van der Waals surface area contributed by atoms with Gasteiger partial charge in [-0.25, -0.2) is 9.97 Å². The van der Waals surface area contributed by atoms with E-state index in [1.165, 1.54) is 17.8 Å². The van der Waals surface area contributed by atoms with Crippen molar-refractivity contribution in [1.82, 2.24) is 19.7 Å².